The van der Waals surface area contributed by atoms with E-state index in [-0.39, 0.29) is 23.2 Å². The highest BCUT2D eigenvalue weighted by Crippen LogP contribution is 2.40. The molecule has 2 aromatic rings. The number of rotatable bonds is 1. The third kappa shape index (κ3) is 3.46. The molecule has 0 unspecified atom stereocenters. The molecule has 1 aromatic heterocycles. The Morgan fingerprint density at radius 2 is 1.41 bits per heavy atom. The summed E-state index contributed by atoms with van der Waals surface area (Å²) in [7, 11) is 0. The first-order valence-electron chi connectivity index (χ1n) is 7.40. The van der Waals surface area contributed by atoms with Gasteiger partial charge in [-0.15, -0.1) is 12.4 Å². The SMILES string of the molecule is Cc1nccn1-c1cc(C(C)(C)C)c(O)c(C(C)(C)C)c1.Cl. The predicted octanol–water partition coefficient (Wildman–Crippen LogP) is 4.90. The molecule has 2 rings (SSSR count). The molecule has 22 heavy (non-hydrogen) atoms. The lowest BCUT2D eigenvalue weighted by Crippen LogP contribution is -2.18. The number of phenols is 1. The molecule has 0 aliphatic carbocycles. The molecule has 0 fully saturated rings. The number of imidazole rings is 1. The van der Waals surface area contributed by atoms with Crippen molar-refractivity contribution >= 4 is 12.4 Å². The first-order chi connectivity index (χ1) is 9.51. The van der Waals surface area contributed by atoms with Gasteiger partial charge >= 0.3 is 0 Å². The Labute approximate surface area is 139 Å². The van der Waals surface area contributed by atoms with Crippen LogP contribution >= 0.6 is 12.4 Å². The first kappa shape index (κ1) is 18.6. The molecule has 1 aromatic carbocycles. The van der Waals surface area contributed by atoms with Crippen LogP contribution in [0.3, 0.4) is 0 Å². The van der Waals surface area contributed by atoms with E-state index in [1.54, 1.807) is 6.20 Å². The third-order valence-corrected chi connectivity index (χ3v) is 3.81. The summed E-state index contributed by atoms with van der Waals surface area (Å²) in [5.74, 6) is 1.36. The van der Waals surface area contributed by atoms with Gasteiger partial charge in [0.05, 0.1) is 0 Å². The number of benzene rings is 1. The normalized spacial score (nSPS) is 12.1. The van der Waals surface area contributed by atoms with Gasteiger partial charge < -0.3 is 9.67 Å². The highest BCUT2D eigenvalue weighted by atomic mass is 35.5. The van der Waals surface area contributed by atoms with Gasteiger partial charge in [-0.3, -0.25) is 0 Å². The van der Waals surface area contributed by atoms with Crippen molar-refractivity contribution in [1.29, 1.82) is 0 Å². The summed E-state index contributed by atoms with van der Waals surface area (Å²) < 4.78 is 2.06. The van der Waals surface area contributed by atoms with Crippen LogP contribution in [0.1, 0.15) is 58.5 Å². The summed E-state index contributed by atoms with van der Waals surface area (Å²) >= 11 is 0. The van der Waals surface area contributed by atoms with Crippen LogP contribution in [0.2, 0.25) is 0 Å². The lowest BCUT2D eigenvalue weighted by molar-refractivity contribution is 0.423. The Morgan fingerprint density at radius 1 is 0.955 bits per heavy atom. The van der Waals surface area contributed by atoms with Crippen LogP contribution in [-0.2, 0) is 10.8 Å². The second kappa shape index (κ2) is 5.96. The van der Waals surface area contributed by atoms with Crippen molar-refractivity contribution in [2.45, 2.75) is 59.3 Å². The van der Waals surface area contributed by atoms with E-state index in [0.29, 0.717) is 5.75 Å². The zero-order valence-electron chi connectivity index (χ0n) is 14.6. The van der Waals surface area contributed by atoms with E-state index in [1.807, 2.05) is 13.1 Å². The van der Waals surface area contributed by atoms with E-state index >= 15 is 0 Å². The summed E-state index contributed by atoms with van der Waals surface area (Å²) in [5.41, 5.74) is 2.76. The number of phenolic OH excluding ortho intramolecular Hbond substituents is 1. The Hall–Kier alpha value is -1.48. The number of nitrogens with zero attached hydrogens (tertiary/aromatic N) is 2. The topological polar surface area (TPSA) is 38.0 Å². The molecular formula is C18H27ClN2O. The molecule has 3 nitrogen and oxygen atoms in total. The average Bonchev–Trinajstić information content (AvgIpc) is 2.72. The van der Waals surface area contributed by atoms with Crippen molar-refractivity contribution in [2.24, 2.45) is 0 Å². The summed E-state index contributed by atoms with van der Waals surface area (Å²) in [6, 6.07) is 4.14. The molecule has 0 saturated heterocycles. The van der Waals surface area contributed by atoms with Crippen LogP contribution in [-0.4, -0.2) is 14.7 Å². The average molecular weight is 323 g/mol. The summed E-state index contributed by atoms with van der Waals surface area (Å²) in [5, 5.41) is 10.7. The van der Waals surface area contributed by atoms with Gasteiger partial charge in [0.2, 0.25) is 0 Å². The van der Waals surface area contributed by atoms with Gasteiger partial charge in [0.15, 0.2) is 0 Å². The van der Waals surface area contributed by atoms with Crippen LogP contribution in [0.25, 0.3) is 5.69 Å². The van der Waals surface area contributed by atoms with E-state index < -0.39 is 0 Å². The number of hydrogen-bond acceptors (Lipinski definition) is 2. The van der Waals surface area contributed by atoms with Crippen LogP contribution < -0.4 is 0 Å². The van der Waals surface area contributed by atoms with Crippen LogP contribution in [0.15, 0.2) is 24.5 Å². The molecule has 0 atom stereocenters. The highest BCUT2D eigenvalue weighted by molar-refractivity contribution is 5.85. The standard InChI is InChI=1S/C18H26N2O.ClH/c1-12-19-8-9-20(12)13-10-14(17(2,3)4)16(21)15(11-13)18(5,6)7;/h8-11,21H,1-7H3;1H. The Balaban J connectivity index is 0.00000242. The molecular weight excluding hydrogens is 296 g/mol. The number of aryl methyl sites for hydroxylation is 1. The molecule has 1 heterocycles. The second-order valence-electron chi connectivity index (χ2n) is 7.73. The zero-order chi connectivity index (χ0) is 16.0. The maximum Gasteiger partial charge on any atom is 0.123 e. The molecule has 0 aliphatic heterocycles. The van der Waals surface area contributed by atoms with Crippen LogP contribution in [0, 0.1) is 6.92 Å². The number of aromatic hydroxyl groups is 1. The fourth-order valence-electron chi connectivity index (χ4n) is 2.55. The minimum absolute atomic E-state index is 0. The molecule has 0 radical (unpaired) electrons. The van der Waals surface area contributed by atoms with E-state index in [1.165, 1.54) is 0 Å². The third-order valence-electron chi connectivity index (χ3n) is 3.81. The van der Waals surface area contributed by atoms with Gasteiger partial charge in [0, 0.05) is 29.2 Å². The zero-order valence-corrected chi connectivity index (χ0v) is 15.4. The quantitative estimate of drug-likeness (QED) is 0.810. The smallest absolute Gasteiger partial charge is 0.123 e. The number of halogens is 1. The van der Waals surface area contributed by atoms with Crippen molar-refractivity contribution in [3.63, 3.8) is 0 Å². The minimum atomic E-state index is -0.116. The first-order valence-corrected chi connectivity index (χ1v) is 7.40. The Kier molecular flexibility index (Phi) is 5.03. The largest absolute Gasteiger partial charge is 0.507 e. The van der Waals surface area contributed by atoms with Crippen molar-refractivity contribution in [2.75, 3.05) is 0 Å². The van der Waals surface area contributed by atoms with Gasteiger partial charge in [-0.25, -0.2) is 4.98 Å². The lowest BCUT2D eigenvalue weighted by Gasteiger charge is -2.28. The van der Waals surface area contributed by atoms with Gasteiger partial charge in [0.1, 0.15) is 11.6 Å². The lowest BCUT2D eigenvalue weighted by atomic mass is 9.79. The van der Waals surface area contributed by atoms with Gasteiger partial charge in [-0.05, 0) is 29.9 Å². The highest BCUT2D eigenvalue weighted by Gasteiger charge is 2.27. The predicted molar refractivity (Wildman–Crippen MR) is 94.6 cm³/mol. The monoisotopic (exact) mass is 322 g/mol. The molecule has 4 heteroatoms. The van der Waals surface area contributed by atoms with E-state index in [2.05, 4.69) is 63.2 Å². The van der Waals surface area contributed by atoms with Crippen molar-refractivity contribution < 1.29 is 5.11 Å². The summed E-state index contributed by atoms with van der Waals surface area (Å²) in [4.78, 5) is 4.30. The van der Waals surface area contributed by atoms with Gasteiger partial charge in [0.25, 0.3) is 0 Å². The van der Waals surface area contributed by atoms with Gasteiger partial charge in [-0.1, -0.05) is 41.5 Å². The molecule has 0 amide bonds. The molecule has 0 bridgehead atoms. The summed E-state index contributed by atoms with van der Waals surface area (Å²) in [6.07, 6.45) is 3.76. The number of hydrogen-bond donors (Lipinski definition) is 1. The van der Waals surface area contributed by atoms with Crippen LogP contribution in [0.4, 0.5) is 0 Å². The second-order valence-corrected chi connectivity index (χ2v) is 7.73. The molecule has 122 valence electrons. The van der Waals surface area contributed by atoms with E-state index in [0.717, 1.165) is 22.6 Å². The molecule has 1 N–H and O–H groups in total. The molecule has 0 aliphatic rings. The maximum atomic E-state index is 10.7. The van der Waals surface area contributed by atoms with Crippen molar-refractivity contribution in [3.05, 3.63) is 41.5 Å². The fourth-order valence-corrected chi connectivity index (χ4v) is 2.55. The molecule has 0 spiro atoms. The Bertz CT molecular complexity index is 625. The van der Waals surface area contributed by atoms with Gasteiger partial charge in [-0.2, -0.15) is 0 Å². The molecule has 0 saturated carbocycles. The van der Waals surface area contributed by atoms with Crippen molar-refractivity contribution in [3.8, 4) is 11.4 Å². The summed E-state index contributed by atoms with van der Waals surface area (Å²) in [6.45, 7) is 14.7. The maximum absolute atomic E-state index is 10.7. The fraction of sp³-hybridized carbons (Fsp3) is 0.500. The Morgan fingerprint density at radius 3 is 1.73 bits per heavy atom. The van der Waals surface area contributed by atoms with Crippen LogP contribution in [0.5, 0.6) is 5.75 Å². The number of aromatic nitrogens is 2. The minimum Gasteiger partial charge on any atom is -0.507 e. The van der Waals surface area contributed by atoms with E-state index in [9.17, 15) is 5.11 Å². The van der Waals surface area contributed by atoms with Crippen molar-refractivity contribution in [1.82, 2.24) is 9.55 Å². The van der Waals surface area contributed by atoms with E-state index in [4.69, 9.17) is 0 Å².